The van der Waals surface area contributed by atoms with Crippen molar-refractivity contribution < 1.29 is 0 Å². The molecule has 4 rings (SSSR count). The number of unbranched alkanes of at least 4 members (excludes halogenated alkanes) is 3. The summed E-state index contributed by atoms with van der Waals surface area (Å²) in [5, 5.41) is 3.40. The molecule has 0 saturated carbocycles. The minimum Gasteiger partial charge on any atom is -0.0654 e. The van der Waals surface area contributed by atoms with E-state index in [1.54, 1.807) is 27.1 Å². The average Bonchev–Trinajstić information content (AvgIpc) is 3.10. The monoisotopic (exact) mass is 359 g/mol. The van der Waals surface area contributed by atoms with Gasteiger partial charge in [-0.25, -0.2) is 0 Å². The molecule has 2 bridgehead atoms. The molecule has 2 aromatic rings. The van der Waals surface area contributed by atoms with Crippen molar-refractivity contribution in [1.82, 2.24) is 0 Å². The molecule has 2 aromatic carbocycles. The average molecular weight is 360 g/mol. The topological polar surface area (TPSA) is 0 Å². The summed E-state index contributed by atoms with van der Waals surface area (Å²) in [6.07, 6.45) is 10.3. The molecule has 1 heteroatoms. The van der Waals surface area contributed by atoms with E-state index in [4.69, 9.17) is 0 Å². The fraction of sp³-hybridized carbons (Fsp3) is 0.400. The van der Waals surface area contributed by atoms with Gasteiger partial charge in [-0.1, -0.05) is 88.2 Å². The first-order chi connectivity index (χ1) is 12.6. The van der Waals surface area contributed by atoms with Gasteiger partial charge in [0.2, 0.25) is 0 Å². The number of allylic oxidation sites excluding steroid dienone is 1. The van der Waals surface area contributed by atoms with Crippen LogP contribution in [0.2, 0.25) is 13.1 Å². The first kappa shape index (κ1) is 17.8. The Hall–Kier alpha value is -1.60. The Balaban J connectivity index is 1.76. The van der Waals surface area contributed by atoms with Gasteiger partial charge in [0.1, 0.15) is 8.07 Å². The molecule has 0 atom stereocenters. The van der Waals surface area contributed by atoms with Gasteiger partial charge in [-0.3, -0.25) is 0 Å². The summed E-state index contributed by atoms with van der Waals surface area (Å²) >= 11 is 0. The van der Waals surface area contributed by atoms with Gasteiger partial charge < -0.3 is 0 Å². The number of aryl methyl sites for hydroxylation is 1. The summed E-state index contributed by atoms with van der Waals surface area (Å²) in [5.41, 5.74) is 9.13. The van der Waals surface area contributed by atoms with Crippen LogP contribution in [0.25, 0.3) is 16.3 Å². The lowest BCUT2D eigenvalue weighted by Crippen LogP contribution is -2.39. The quantitative estimate of drug-likeness (QED) is 0.382. The maximum atomic E-state index is 2.56. The molecule has 0 fully saturated rings. The Morgan fingerprint density at radius 3 is 2.27 bits per heavy atom. The van der Waals surface area contributed by atoms with E-state index in [9.17, 15) is 0 Å². The molecule has 0 aromatic heterocycles. The van der Waals surface area contributed by atoms with Crippen molar-refractivity contribution in [3.8, 4) is 11.1 Å². The van der Waals surface area contributed by atoms with Crippen molar-refractivity contribution in [2.75, 3.05) is 0 Å². The lowest BCUT2D eigenvalue weighted by molar-refractivity contribution is 0.667. The van der Waals surface area contributed by atoms with Gasteiger partial charge in [0.15, 0.2) is 0 Å². The third kappa shape index (κ3) is 2.72. The Morgan fingerprint density at radius 2 is 1.58 bits per heavy atom. The fourth-order valence-corrected chi connectivity index (χ4v) is 8.50. The third-order valence-corrected chi connectivity index (χ3v) is 9.97. The van der Waals surface area contributed by atoms with E-state index in [0.29, 0.717) is 0 Å². The van der Waals surface area contributed by atoms with Crippen molar-refractivity contribution >= 4 is 18.5 Å². The number of hydrogen-bond acceptors (Lipinski definition) is 0. The molecule has 0 saturated heterocycles. The predicted molar refractivity (Wildman–Crippen MR) is 117 cm³/mol. The van der Waals surface area contributed by atoms with E-state index in [1.165, 1.54) is 48.8 Å². The van der Waals surface area contributed by atoms with E-state index in [-0.39, 0.29) is 0 Å². The SMILES string of the molecule is CCCCCCC1=C2c3c(ccc(c3-c3ccc(CC)cc3)[Si]2(C)C)[CH]1. The van der Waals surface area contributed by atoms with E-state index >= 15 is 0 Å². The number of benzene rings is 2. The molecule has 1 aliphatic heterocycles. The van der Waals surface area contributed by atoms with Crippen LogP contribution < -0.4 is 5.19 Å². The smallest absolute Gasteiger partial charge is 0.0654 e. The highest BCUT2D eigenvalue weighted by atomic mass is 28.3. The van der Waals surface area contributed by atoms with E-state index in [0.717, 1.165) is 6.42 Å². The number of hydrogen-bond donors (Lipinski definition) is 0. The maximum absolute atomic E-state index is 2.56. The molecule has 0 spiro atoms. The predicted octanol–water partition coefficient (Wildman–Crippen LogP) is 6.67. The molecule has 0 nitrogen and oxygen atoms in total. The summed E-state index contributed by atoms with van der Waals surface area (Å²) in [7, 11) is -1.57. The van der Waals surface area contributed by atoms with Crippen molar-refractivity contribution in [3.05, 3.63) is 65.1 Å². The van der Waals surface area contributed by atoms with Crippen molar-refractivity contribution in [2.24, 2.45) is 0 Å². The zero-order chi connectivity index (χ0) is 18.3. The molecule has 135 valence electrons. The molecule has 0 N–H and O–H groups in total. The lowest BCUT2D eigenvalue weighted by Gasteiger charge is -2.22. The van der Waals surface area contributed by atoms with E-state index in [2.05, 4.69) is 69.8 Å². The van der Waals surface area contributed by atoms with Crippen LogP contribution in [0.15, 0.2) is 42.0 Å². The highest BCUT2D eigenvalue weighted by Crippen LogP contribution is 2.50. The third-order valence-electron chi connectivity index (χ3n) is 6.39. The van der Waals surface area contributed by atoms with Gasteiger partial charge in [-0.2, -0.15) is 0 Å². The minimum absolute atomic E-state index is 1.11. The van der Waals surface area contributed by atoms with Crippen LogP contribution >= 0.6 is 0 Å². The van der Waals surface area contributed by atoms with Crippen LogP contribution in [0.1, 0.15) is 62.6 Å². The van der Waals surface area contributed by atoms with Gasteiger partial charge in [0.25, 0.3) is 0 Å². The van der Waals surface area contributed by atoms with Crippen LogP contribution in [0.3, 0.4) is 0 Å². The first-order valence-corrected chi connectivity index (χ1v) is 13.4. The molecule has 1 aliphatic carbocycles. The number of fused-ring (bicyclic) bond motifs is 1. The molecular weight excluding hydrogens is 328 g/mol. The van der Waals surface area contributed by atoms with Crippen LogP contribution in [0.5, 0.6) is 0 Å². The van der Waals surface area contributed by atoms with Gasteiger partial charge in [-0.15, -0.1) is 0 Å². The Kier molecular flexibility index (Phi) is 4.69. The second kappa shape index (κ2) is 6.85. The normalized spacial score (nSPS) is 16.6. The van der Waals surface area contributed by atoms with Crippen molar-refractivity contribution in [2.45, 2.75) is 65.5 Å². The first-order valence-electron chi connectivity index (χ1n) is 10.4. The standard InChI is InChI=1S/C25H31Si/c1-5-7-8-9-10-21-17-20-15-16-22-23(24(20)25(21)26(22,3)4)19-13-11-18(6-2)12-14-19/h11-17H,5-10H2,1-4H3. The Bertz CT molecular complexity index is 852. The summed E-state index contributed by atoms with van der Waals surface area (Å²) in [6.45, 7) is 9.65. The maximum Gasteiger partial charge on any atom is 0.113 e. The summed E-state index contributed by atoms with van der Waals surface area (Å²) in [6, 6.07) is 14.1. The Labute approximate surface area is 160 Å². The van der Waals surface area contributed by atoms with Crippen LogP contribution in [0, 0.1) is 6.42 Å². The molecule has 1 radical (unpaired) electrons. The second-order valence-corrected chi connectivity index (χ2v) is 12.8. The minimum atomic E-state index is -1.57. The summed E-state index contributed by atoms with van der Waals surface area (Å²) in [4.78, 5) is 0. The van der Waals surface area contributed by atoms with Crippen LogP contribution in [-0.2, 0) is 6.42 Å². The van der Waals surface area contributed by atoms with Crippen molar-refractivity contribution in [3.63, 3.8) is 0 Å². The molecule has 26 heavy (non-hydrogen) atoms. The van der Waals surface area contributed by atoms with Gasteiger partial charge in [0, 0.05) is 6.42 Å². The van der Waals surface area contributed by atoms with Crippen LogP contribution in [-0.4, -0.2) is 8.07 Å². The van der Waals surface area contributed by atoms with Gasteiger partial charge in [0.05, 0.1) is 0 Å². The summed E-state index contributed by atoms with van der Waals surface area (Å²) < 4.78 is 0. The zero-order valence-corrected chi connectivity index (χ0v) is 17.8. The molecule has 1 heterocycles. The number of rotatable bonds is 7. The van der Waals surface area contributed by atoms with Crippen LogP contribution in [0.4, 0.5) is 0 Å². The lowest BCUT2D eigenvalue weighted by atomic mass is 9.96. The summed E-state index contributed by atoms with van der Waals surface area (Å²) in [5.74, 6) is 0. The van der Waals surface area contributed by atoms with E-state index in [1.807, 2.05) is 0 Å². The van der Waals surface area contributed by atoms with Crippen molar-refractivity contribution in [1.29, 1.82) is 0 Å². The highest BCUT2D eigenvalue weighted by Gasteiger charge is 2.45. The van der Waals surface area contributed by atoms with Gasteiger partial charge in [-0.05, 0) is 57.5 Å². The Morgan fingerprint density at radius 1 is 0.808 bits per heavy atom. The van der Waals surface area contributed by atoms with E-state index < -0.39 is 8.07 Å². The highest BCUT2D eigenvalue weighted by molar-refractivity contribution is 7.07. The molecule has 0 unspecified atom stereocenters. The molecule has 2 aliphatic rings. The second-order valence-electron chi connectivity index (χ2n) is 8.48. The largest absolute Gasteiger partial charge is 0.113 e. The zero-order valence-electron chi connectivity index (χ0n) is 16.8. The fourth-order valence-electron chi connectivity index (χ4n) is 4.94. The molecular formula is C25H31Si. The molecule has 0 amide bonds. The van der Waals surface area contributed by atoms with Gasteiger partial charge >= 0.3 is 0 Å².